The zero-order valence-corrected chi connectivity index (χ0v) is 23.4. The van der Waals surface area contributed by atoms with Crippen LogP contribution in [0.15, 0.2) is 60.7 Å². The van der Waals surface area contributed by atoms with Gasteiger partial charge in [0.1, 0.15) is 0 Å². The van der Waals surface area contributed by atoms with E-state index in [9.17, 15) is 0 Å². The van der Waals surface area contributed by atoms with Gasteiger partial charge in [-0.2, -0.15) is 0 Å². The number of benzene rings is 2. The molecular formula is C30H48N4O4. The van der Waals surface area contributed by atoms with Gasteiger partial charge in [-0.3, -0.25) is 9.80 Å². The van der Waals surface area contributed by atoms with E-state index in [-0.39, 0.29) is 12.1 Å². The molecule has 38 heavy (non-hydrogen) atoms. The smallest absolute Gasteiger partial charge is 0.0701 e. The van der Waals surface area contributed by atoms with Crippen molar-refractivity contribution in [1.29, 1.82) is 0 Å². The highest BCUT2D eigenvalue weighted by molar-refractivity contribution is 5.20. The van der Waals surface area contributed by atoms with Crippen LogP contribution in [-0.4, -0.2) is 116 Å². The minimum atomic E-state index is 0.257. The van der Waals surface area contributed by atoms with E-state index in [0.717, 1.165) is 39.3 Å². The molecule has 2 atom stereocenters. The van der Waals surface area contributed by atoms with E-state index in [0.29, 0.717) is 52.9 Å². The second-order valence-corrected chi connectivity index (χ2v) is 9.55. The summed E-state index contributed by atoms with van der Waals surface area (Å²) < 4.78 is 23.7. The van der Waals surface area contributed by atoms with Gasteiger partial charge in [0.2, 0.25) is 0 Å². The molecule has 212 valence electrons. The van der Waals surface area contributed by atoms with E-state index < -0.39 is 0 Å². The number of hydrogen-bond acceptors (Lipinski definition) is 8. The molecule has 2 N–H and O–H groups in total. The predicted molar refractivity (Wildman–Crippen MR) is 153 cm³/mol. The van der Waals surface area contributed by atoms with Gasteiger partial charge in [-0.1, -0.05) is 60.7 Å². The number of nitrogens with zero attached hydrogens (tertiary/aromatic N) is 2. The van der Waals surface area contributed by atoms with Crippen LogP contribution in [0.3, 0.4) is 0 Å². The van der Waals surface area contributed by atoms with Gasteiger partial charge >= 0.3 is 0 Å². The highest BCUT2D eigenvalue weighted by Crippen LogP contribution is 2.15. The lowest BCUT2D eigenvalue weighted by Crippen LogP contribution is -2.39. The SMILES string of the molecule is CNC(CN1CCOCCOCCN(CC(NC)c2ccccc2)CCOCCOCC1)c1ccccc1. The molecule has 1 aliphatic rings. The maximum atomic E-state index is 5.93. The zero-order chi connectivity index (χ0) is 26.7. The molecule has 0 spiro atoms. The summed E-state index contributed by atoms with van der Waals surface area (Å²) >= 11 is 0. The van der Waals surface area contributed by atoms with Crippen LogP contribution < -0.4 is 10.6 Å². The maximum absolute atomic E-state index is 5.93. The Morgan fingerprint density at radius 2 is 0.842 bits per heavy atom. The molecule has 3 rings (SSSR count). The second kappa shape index (κ2) is 19.2. The first-order chi connectivity index (χ1) is 18.8. The average Bonchev–Trinajstić information content (AvgIpc) is 2.96. The van der Waals surface area contributed by atoms with Crippen LogP contribution in [0.1, 0.15) is 23.2 Å². The molecule has 2 unspecified atom stereocenters. The summed E-state index contributed by atoms with van der Waals surface area (Å²) in [5.74, 6) is 0. The Morgan fingerprint density at radius 1 is 0.526 bits per heavy atom. The summed E-state index contributed by atoms with van der Waals surface area (Å²) in [5.41, 5.74) is 2.58. The Balaban J connectivity index is 1.47. The third-order valence-electron chi connectivity index (χ3n) is 6.93. The van der Waals surface area contributed by atoms with Crippen molar-refractivity contribution in [1.82, 2.24) is 20.4 Å². The highest BCUT2D eigenvalue weighted by atomic mass is 16.5. The molecule has 1 aliphatic heterocycles. The van der Waals surface area contributed by atoms with Crippen LogP contribution in [-0.2, 0) is 18.9 Å². The van der Waals surface area contributed by atoms with E-state index >= 15 is 0 Å². The largest absolute Gasteiger partial charge is 0.378 e. The number of hydrogen-bond donors (Lipinski definition) is 2. The predicted octanol–water partition coefficient (Wildman–Crippen LogP) is 2.59. The molecule has 1 heterocycles. The van der Waals surface area contributed by atoms with E-state index in [1.807, 2.05) is 14.1 Å². The lowest BCUT2D eigenvalue weighted by Gasteiger charge is -2.28. The van der Waals surface area contributed by atoms with Gasteiger partial charge in [-0.05, 0) is 25.2 Å². The van der Waals surface area contributed by atoms with E-state index in [1.165, 1.54) is 11.1 Å². The van der Waals surface area contributed by atoms with Gasteiger partial charge in [-0.25, -0.2) is 0 Å². The summed E-state index contributed by atoms with van der Waals surface area (Å²) in [5, 5.41) is 6.91. The molecule has 0 aliphatic carbocycles. The molecule has 1 fully saturated rings. The van der Waals surface area contributed by atoms with Gasteiger partial charge in [0.15, 0.2) is 0 Å². The maximum Gasteiger partial charge on any atom is 0.0701 e. The van der Waals surface area contributed by atoms with Crippen molar-refractivity contribution in [2.75, 3.05) is 106 Å². The van der Waals surface area contributed by atoms with Gasteiger partial charge in [0.25, 0.3) is 0 Å². The monoisotopic (exact) mass is 528 g/mol. The fourth-order valence-electron chi connectivity index (χ4n) is 4.62. The van der Waals surface area contributed by atoms with Crippen molar-refractivity contribution in [2.24, 2.45) is 0 Å². The zero-order valence-electron chi connectivity index (χ0n) is 23.4. The summed E-state index contributed by atoms with van der Waals surface area (Å²) in [6.45, 7) is 10.3. The van der Waals surface area contributed by atoms with Crippen LogP contribution in [0, 0.1) is 0 Å². The van der Waals surface area contributed by atoms with Crippen molar-refractivity contribution in [3.05, 3.63) is 71.8 Å². The van der Waals surface area contributed by atoms with Crippen molar-refractivity contribution >= 4 is 0 Å². The summed E-state index contributed by atoms with van der Waals surface area (Å²) in [7, 11) is 4.03. The van der Waals surface area contributed by atoms with E-state index in [4.69, 9.17) is 18.9 Å². The quantitative estimate of drug-likeness (QED) is 0.542. The second-order valence-electron chi connectivity index (χ2n) is 9.55. The lowest BCUT2D eigenvalue weighted by atomic mass is 10.1. The molecule has 0 aromatic heterocycles. The Bertz CT molecular complexity index is 740. The Labute approximate surface area is 229 Å². The first-order valence-corrected chi connectivity index (χ1v) is 14.0. The molecule has 8 heteroatoms. The standard InChI is InChI=1S/C30H48N4O4/c1-31-29(27-9-5-3-6-10-27)25-33-13-17-35-21-23-37-19-15-34(16-20-38-24-22-36-18-14-33)26-30(32-2)28-11-7-4-8-12-28/h3-12,29-32H,13-26H2,1-2H3. The van der Waals surface area contributed by atoms with Crippen LogP contribution >= 0.6 is 0 Å². The summed E-state index contributed by atoms with van der Waals surface area (Å²) in [4.78, 5) is 4.81. The fraction of sp³-hybridized carbons (Fsp3) is 0.600. The fourth-order valence-corrected chi connectivity index (χ4v) is 4.62. The number of ether oxygens (including phenoxy) is 4. The van der Waals surface area contributed by atoms with Crippen LogP contribution in [0.25, 0.3) is 0 Å². The van der Waals surface area contributed by atoms with Gasteiger partial charge in [0.05, 0.1) is 52.9 Å². The average molecular weight is 529 g/mol. The van der Waals surface area contributed by atoms with Crippen LogP contribution in [0.2, 0.25) is 0 Å². The molecule has 0 saturated carbocycles. The van der Waals surface area contributed by atoms with E-state index in [1.54, 1.807) is 0 Å². The minimum Gasteiger partial charge on any atom is -0.378 e. The lowest BCUT2D eigenvalue weighted by molar-refractivity contribution is 0.00626. The number of rotatable bonds is 8. The number of likely N-dealkylation sites (N-methyl/N-ethyl adjacent to an activating group) is 2. The Morgan fingerprint density at radius 3 is 1.13 bits per heavy atom. The van der Waals surface area contributed by atoms with Gasteiger partial charge < -0.3 is 29.6 Å². The topological polar surface area (TPSA) is 67.5 Å². The third kappa shape index (κ3) is 11.9. The van der Waals surface area contributed by atoms with Crippen molar-refractivity contribution in [3.63, 3.8) is 0 Å². The third-order valence-corrected chi connectivity index (χ3v) is 6.93. The molecule has 2 aromatic carbocycles. The minimum absolute atomic E-state index is 0.257. The van der Waals surface area contributed by atoms with Crippen LogP contribution in [0.5, 0.6) is 0 Å². The van der Waals surface area contributed by atoms with Crippen molar-refractivity contribution in [2.45, 2.75) is 12.1 Å². The van der Waals surface area contributed by atoms with Gasteiger partial charge in [0, 0.05) is 51.4 Å². The molecule has 0 radical (unpaired) electrons. The first kappa shape index (κ1) is 30.7. The Kier molecular flexibility index (Phi) is 15.5. The van der Waals surface area contributed by atoms with E-state index in [2.05, 4.69) is 81.1 Å². The normalized spacial score (nSPS) is 20.3. The summed E-state index contributed by atoms with van der Waals surface area (Å²) in [6, 6.07) is 21.7. The molecule has 2 aromatic rings. The Hall–Kier alpha value is -1.88. The molecule has 1 saturated heterocycles. The summed E-state index contributed by atoms with van der Waals surface area (Å²) in [6.07, 6.45) is 0. The molecule has 0 amide bonds. The number of nitrogens with one attached hydrogen (secondary N) is 2. The van der Waals surface area contributed by atoms with Crippen molar-refractivity contribution < 1.29 is 18.9 Å². The van der Waals surface area contributed by atoms with Crippen molar-refractivity contribution in [3.8, 4) is 0 Å². The van der Waals surface area contributed by atoms with Gasteiger partial charge in [-0.15, -0.1) is 0 Å². The first-order valence-electron chi connectivity index (χ1n) is 14.0. The molecule has 8 nitrogen and oxygen atoms in total. The molecule has 0 bridgehead atoms. The van der Waals surface area contributed by atoms with Crippen LogP contribution in [0.4, 0.5) is 0 Å². The highest BCUT2D eigenvalue weighted by Gasteiger charge is 2.16. The molecular weight excluding hydrogens is 480 g/mol.